The summed E-state index contributed by atoms with van der Waals surface area (Å²) in [5, 5.41) is 27.7. The van der Waals surface area contributed by atoms with Gasteiger partial charge in [-0.2, -0.15) is 0 Å². The Morgan fingerprint density at radius 1 is 1.10 bits per heavy atom. The smallest absolute Gasteiger partial charge is 0.338 e. The Kier molecular flexibility index (Phi) is 5.02. The van der Waals surface area contributed by atoms with Gasteiger partial charge in [-0.3, -0.25) is 4.79 Å². The minimum absolute atomic E-state index is 0.112. The first-order valence-corrected chi connectivity index (χ1v) is 6.24. The molecule has 0 unspecified atom stereocenters. The predicted molar refractivity (Wildman–Crippen MR) is 72.2 cm³/mol. The van der Waals surface area contributed by atoms with Gasteiger partial charge in [0.15, 0.2) is 17.2 Å². The zero-order chi connectivity index (χ0) is 16.2. The molecular formula is C14H18O7. The van der Waals surface area contributed by atoms with E-state index in [0.29, 0.717) is 0 Å². The molecule has 0 spiro atoms. The molecule has 1 rings (SSSR count). The first kappa shape index (κ1) is 16.6. The Labute approximate surface area is 121 Å². The number of hydrogen-bond donors (Lipinski definition) is 3. The van der Waals surface area contributed by atoms with Crippen molar-refractivity contribution < 1.29 is 34.4 Å². The Morgan fingerprint density at radius 3 is 2.10 bits per heavy atom. The minimum Gasteiger partial charge on any atom is -0.504 e. The average molecular weight is 298 g/mol. The molecule has 7 heteroatoms. The molecule has 116 valence electrons. The van der Waals surface area contributed by atoms with Gasteiger partial charge in [-0.1, -0.05) is 0 Å². The third kappa shape index (κ3) is 5.21. The highest BCUT2D eigenvalue weighted by atomic mass is 16.6. The maximum atomic E-state index is 11.6. The second kappa shape index (κ2) is 6.34. The van der Waals surface area contributed by atoms with Gasteiger partial charge in [-0.05, 0) is 32.9 Å². The second-order valence-electron chi connectivity index (χ2n) is 5.34. The van der Waals surface area contributed by atoms with E-state index in [1.807, 2.05) is 0 Å². The summed E-state index contributed by atoms with van der Waals surface area (Å²) < 4.78 is 9.86. The number of phenolic OH excluding ortho intramolecular Hbond substituents is 3. The highest BCUT2D eigenvalue weighted by Gasteiger charge is 2.18. The van der Waals surface area contributed by atoms with Crippen LogP contribution in [0, 0.1) is 0 Å². The molecule has 0 aliphatic rings. The van der Waals surface area contributed by atoms with E-state index in [-0.39, 0.29) is 18.6 Å². The largest absolute Gasteiger partial charge is 0.504 e. The average Bonchev–Trinajstić information content (AvgIpc) is 2.32. The molecule has 0 saturated carbocycles. The van der Waals surface area contributed by atoms with E-state index in [4.69, 9.17) is 14.6 Å². The summed E-state index contributed by atoms with van der Waals surface area (Å²) in [5.41, 5.74) is -0.762. The van der Waals surface area contributed by atoms with Crippen LogP contribution in [0.3, 0.4) is 0 Å². The SMILES string of the molecule is CC(C)(C)OC(=O)CCOC(=O)c1cc(O)c(O)c(O)c1. The number of aromatic hydroxyl groups is 3. The van der Waals surface area contributed by atoms with E-state index in [1.165, 1.54) is 0 Å². The van der Waals surface area contributed by atoms with Crippen molar-refractivity contribution in [3.63, 3.8) is 0 Å². The highest BCUT2D eigenvalue weighted by molar-refractivity contribution is 5.91. The lowest BCUT2D eigenvalue weighted by atomic mass is 10.2. The molecule has 0 amide bonds. The molecule has 0 radical (unpaired) electrons. The maximum Gasteiger partial charge on any atom is 0.338 e. The summed E-state index contributed by atoms with van der Waals surface area (Å²) in [7, 11) is 0. The van der Waals surface area contributed by atoms with Crippen molar-refractivity contribution in [3.05, 3.63) is 17.7 Å². The number of hydrogen-bond acceptors (Lipinski definition) is 7. The van der Waals surface area contributed by atoms with Gasteiger partial charge in [-0.25, -0.2) is 4.79 Å². The van der Waals surface area contributed by atoms with E-state index in [1.54, 1.807) is 20.8 Å². The number of carbonyl (C=O) groups is 2. The van der Waals surface area contributed by atoms with E-state index >= 15 is 0 Å². The number of ether oxygens (including phenoxy) is 2. The van der Waals surface area contributed by atoms with Crippen LogP contribution in [0.15, 0.2) is 12.1 Å². The van der Waals surface area contributed by atoms with Gasteiger partial charge in [0.1, 0.15) is 12.2 Å². The van der Waals surface area contributed by atoms with Crippen molar-refractivity contribution in [2.75, 3.05) is 6.61 Å². The number of benzene rings is 1. The van der Waals surface area contributed by atoms with Crippen molar-refractivity contribution in [1.29, 1.82) is 0 Å². The van der Waals surface area contributed by atoms with Crippen LogP contribution in [0.4, 0.5) is 0 Å². The van der Waals surface area contributed by atoms with E-state index < -0.39 is 34.8 Å². The van der Waals surface area contributed by atoms with Gasteiger partial charge in [0.2, 0.25) is 0 Å². The molecule has 0 aliphatic carbocycles. The van der Waals surface area contributed by atoms with Crippen LogP contribution >= 0.6 is 0 Å². The Morgan fingerprint density at radius 2 is 1.62 bits per heavy atom. The normalized spacial score (nSPS) is 11.0. The number of phenols is 3. The second-order valence-corrected chi connectivity index (χ2v) is 5.34. The number of esters is 2. The fourth-order valence-electron chi connectivity index (χ4n) is 1.42. The van der Waals surface area contributed by atoms with E-state index in [9.17, 15) is 19.8 Å². The lowest BCUT2D eigenvalue weighted by molar-refractivity contribution is -0.155. The Bertz CT molecular complexity index is 520. The highest BCUT2D eigenvalue weighted by Crippen LogP contribution is 2.35. The molecule has 1 aromatic carbocycles. The minimum atomic E-state index is -0.843. The summed E-state index contributed by atoms with van der Waals surface area (Å²) in [5.74, 6) is -3.36. The number of carbonyl (C=O) groups excluding carboxylic acids is 2. The molecule has 21 heavy (non-hydrogen) atoms. The van der Waals surface area contributed by atoms with E-state index in [0.717, 1.165) is 12.1 Å². The Hall–Kier alpha value is -2.44. The van der Waals surface area contributed by atoms with Gasteiger partial charge >= 0.3 is 11.9 Å². The third-order valence-electron chi connectivity index (χ3n) is 2.26. The molecule has 0 fully saturated rings. The molecule has 3 N–H and O–H groups in total. The van der Waals surface area contributed by atoms with Crippen molar-refractivity contribution >= 4 is 11.9 Å². The lowest BCUT2D eigenvalue weighted by Gasteiger charge is -2.19. The monoisotopic (exact) mass is 298 g/mol. The molecule has 0 aliphatic heterocycles. The molecule has 0 aromatic heterocycles. The quantitative estimate of drug-likeness (QED) is 0.572. The van der Waals surface area contributed by atoms with Crippen molar-refractivity contribution in [2.24, 2.45) is 0 Å². The molecule has 1 aromatic rings. The van der Waals surface area contributed by atoms with Crippen LogP contribution in [-0.4, -0.2) is 39.5 Å². The first-order valence-electron chi connectivity index (χ1n) is 6.24. The lowest BCUT2D eigenvalue weighted by Crippen LogP contribution is -2.24. The summed E-state index contributed by atoms with van der Waals surface area (Å²) in [6.45, 7) is 4.97. The summed E-state index contributed by atoms with van der Waals surface area (Å²) >= 11 is 0. The maximum absolute atomic E-state index is 11.6. The summed E-state index contributed by atoms with van der Waals surface area (Å²) in [4.78, 5) is 23.1. The van der Waals surface area contributed by atoms with Crippen molar-refractivity contribution in [1.82, 2.24) is 0 Å². The topological polar surface area (TPSA) is 113 Å². The van der Waals surface area contributed by atoms with Crippen molar-refractivity contribution in [2.45, 2.75) is 32.8 Å². The van der Waals surface area contributed by atoms with Crippen molar-refractivity contribution in [3.8, 4) is 17.2 Å². The molecule has 0 atom stereocenters. The third-order valence-corrected chi connectivity index (χ3v) is 2.26. The molecule has 0 heterocycles. The van der Waals surface area contributed by atoms with Crippen LogP contribution in [0.2, 0.25) is 0 Å². The molecular weight excluding hydrogens is 280 g/mol. The van der Waals surface area contributed by atoms with Crippen LogP contribution in [-0.2, 0) is 14.3 Å². The van der Waals surface area contributed by atoms with Gasteiger partial charge in [0.05, 0.1) is 12.0 Å². The van der Waals surface area contributed by atoms with Gasteiger partial charge < -0.3 is 24.8 Å². The summed E-state index contributed by atoms with van der Waals surface area (Å²) in [6, 6.07) is 1.90. The standard InChI is InChI=1S/C14H18O7/c1-14(2,3)21-11(17)4-5-20-13(19)8-6-9(15)12(18)10(16)7-8/h6-7,15-16,18H,4-5H2,1-3H3. The molecule has 7 nitrogen and oxygen atoms in total. The van der Waals surface area contributed by atoms with Gasteiger partial charge in [0.25, 0.3) is 0 Å². The van der Waals surface area contributed by atoms with Crippen LogP contribution in [0.1, 0.15) is 37.6 Å². The predicted octanol–water partition coefficient (Wildman–Crippen LogP) is 1.69. The zero-order valence-corrected chi connectivity index (χ0v) is 12.0. The fraction of sp³-hybridized carbons (Fsp3) is 0.429. The van der Waals surface area contributed by atoms with Gasteiger partial charge in [-0.15, -0.1) is 0 Å². The van der Waals surface area contributed by atoms with Gasteiger partial charge in [0, 0.05) is 0 Å². The zero-order valence-electron chi connectivity index (χ0n) is 12.0. The van der Waals surface area contributed by atoms with Crippen LogP contribution < -0.4 is 0 Å². The summed E-state index contributed by atoms with van der Waals surface area (Å²) in [6.07, 6.45) is -0.112. The Balaban J connectivity index is 2.54. The number of rotatable bonds is 4. The first-order chi connectivity index (χ1) is 9.60. The molecule has 0 saturated heterocycles. The van der Waals surface area contributed by atoms with Crippen LogP contribution in [0.25, 0.3) is 0 Å². The van der Waals surface area contributed by atoms with E-state index in [2.05, 4.69) is 0 Å². The molecule has 0 bridgehead atoms. The fourth-order valence-corrected chi connectivity index (χ4v) is 1.42. The van der Waals surface area contributed by atoms with Crippen LogP contribution in [0.5, 0.6) is 17.2 Å².